The summed E-state index contributed by atoms with van der Waals surface area (Å²) < 4.78 is 0. The van der Waals surface area contributed by atoms with Gasteiger partial charge in [-0.2, -0.15) is 0 Å². The number of hydrogen-bond donors (Lipinski definition) is 2. The first kappa shape index (κ1) is 18.9. The summed E-state index contributed by atoms with van der Waals surface area (Å²) in [6.07, 6.45) is 1.35. The zero-order valence-corrected chi connectivity index (χ0v) is 15.7. The van der Waals surface area contributed by atoms with Gasteiger partial charge in [-0.1, -0.05) is 23.7 Å². The highest BCUT2D eigenvalue weighted by molar-refractivity contribution is 6.31. The Hall–Kier alpha value is -2.86. The molecule has 0 aromatic heterocycles. The second kappa shape index (κ2) is 8.22. The van der Waals surface area contributed by atoms with E-state index in [0.29, 0.717) is 34.9 Å². The first-order chi connectivity index (χ1) is 13.0. The maximum atomic E-state index is 12.4. The van der Waals surface area contributed by atoms with Gasteiger partial charge in [-0.05, 0) is 49.2 Å². The van der Waals surface area contributed by atoms with Gasteiger partial charge in [-0.3, -0.25) is 14.4 Å². The van der Waals surface area contributed by atoms with Crippen LogP contribution < -0.4 is 15.5 Å². The second-order valence-electron chi connectivity index (χ2n) is 6.34. The number of nitrogens with one attached hydrogen (secondary N) is 2. The Balaban J connectivity index is 1.60. The van der Waals surface area contributed by atoms with Gasteiger partial charge in [0.05, 0.1) is 6.54 Å². The Morgan fingerprint density at radius 1 is 1.19 bits per heavy atom. The predicted molar refractivity (Wildman–Crippen MR) is 105 cm³/mol. The third kappa shape index (κ3) is 4.46. The van der Waals surface area contributed by atoms with Crippen LogP contribution >= 0.6 is 11.6 Å². The number of anilines is 2. The molecule has 7 heteroatoms. The highest BCUT2D eigenvalue weighted by atomic mass is 35.5. The first-order valence-electron chi connectivity index (χ1n) is 8.69. The monoisotopic (exact) mass is 385 g/mol. The summed E-state index contributed by atoms with van der Waals surface area (Å²) in [6, 6.07) is 12.1. The fourth-order valence-corrected chi connectivity index (χ4v) is 3.11. The molecule has 1 aliphatic rings. The van der Waals surface area contributed by atoms with Crippen molar-refractivity contribution in [1.82, 2.24) is 5.32 Å². The van der Waals surface area contributed by atoms with Crippen LogP contribution in [0.2, 0.25) is 5.02 Å². The van der Waals surface area contributed by atoms with Gasteiger partial charge in [0.1, 0.15) is 0 Å². The van der Waals surface area contributed by atoms with Crippen molar-refractivity contribution >= 4 is 40.7 Å². The summed E-state index contributed by atoms with van der Waals surface area (Å²) >= 11 is 6.03. The highest BCUT2D eigenvalue weighted by Gasteiger charge is 2.22. The van der Waals surface area contributed by atoms with Crippen molar-refractivity contribution in [2.75, 3.05) is 23.3 Å². The molecule has 3 rings (SSSR count). The van der Waals surface area contributed by atoms with Crippen LogP contribution in [-0.4, -0.2) is 30.8 Å². The first-order valence-corrected chi connectivity index (χ1v) is 9.07. The van der Waals surface area contributed by atoms with Gasteiger partial charge in [0.15, 0.2) is 0 Å². The van der Waals surface area contributed by atoms with Gasteiger partial charge < -0.3 is 15.5 Å². The van der Waals surface area contributed by atoms with Crippen molar-refractivity contribution in [2.45, 2.75) is 19.8 Å². The third-order valence-electron chi connectivity index (χ3n) is 4.44. The Labute approximate surface area is 162 Å². The predicted octanol–water partition coefficient (Wildman–Crippen LogP) is 3.14. The molecule has 0 radical (unpaired) electrons. The highest BCUT2D eigenvalue weighted by Crippen LogP contribution is 2.23. The number of benzene rings is 2. The number of amides is 3. The van der Waals surface area contributed by atoms with E-state index in [1.807, 2.05) is 6.92 Å². The van der Waals surface area contributed by atoms with Crippen LogP contribution in [0.4, 0.5) is 11.4 Å². The topological polar surface area (TPSA) is 78.5 Å². The van der Waals surface area contributed by atoms with Crippen LogP contribution in [-0.2, 0) is 9.59 Å². The van der Waals surface area contributed by atoms with E-state index >= 15 is 0 Å². The van der Waals surface area contributed by atoms with E-state index in [-0.39, 0.29) is 24.3 Å². The van der Waals surface area contributed by atoms with Crippen molar-refractivity contribution in [3.63, 3.8) is 0 Å². The van der Waals surface area contributed by atoms with Crippen LogP contribution in [0.15, 0.2) is 42.5 Å². The van der Waals surface area contributed by atoms with Crippen molar-refractivity contribution < 1.29 is 14.4 Å². The lowest BCUT2D eigenvalue weighted by molar-refractivity contribution is -0.117. The molecule has 27 heavy (non-hydrogen) atoms. The number of hydrogen-bond acceptors (Lipinski definition) is 3. The molecule has 0 atom stereocenters. The summed E-state index contributed by atoms with van der Waals surface area (Å²) in [5.41, 5.74) is 2.47. The molecule has 0 aliphatic carbocycles. The number of halogens is 1. The molecule has 1 aliphatic heterocycles. The number of carbonyl (C=O) groups excluding carboxylic acids is 3. The van der Waals surface area contributed by atoms with Gasteiger partial charge in [-0.25, -0.2) is 0 Å². The molecule has 0 saturated carbocycles. The largest absolute Gasteiger partial charge is 0.343 e. The summed E-state index contributed by atoms with van der Waals surface area (Å²) in [7, 11) is 0. The van der Waals surface area contributed by atoms with Gasteiger partial charge in [0.2, 0.25) is 11.8 Å². The van der Waals surface area contributed by atoms with Crippen molar-refractivity contribution in [3.05, 3.63) is 58.6 Å². The van der Waals surface area contributed by atoms with Gasteiger partial charge in [-0.15, -0.1) is 0 Å². The average molecular weight is 386 g/mol. The molecule has 3 amide bonds. The van der Waals surface area contributed by atoms with Crippen LogP contribution in [0.1, 0.15) is 28.8 Å². The molecule has 2 aromatic carbocycles. The molecule has 0 spiro atoms. The molecular formula is C20H20ClN3O3. The Kier molecular flexibility index (Phi) is 5.76. The molecule has 2 N–H and O–H groups in total. The maximum Gasteiger partial charge on any atom is 0.251 e. The minimum Gasteiger partial charge on any atom is -0.343 e. The minimum atomic E-state index is -0.374. The molecule has 2 aromatic rings. The molecule has 1 heterocycles. The van der Waals surface area contributed by atoms with Gasteiger partial charge >= 0.3 is 0 Å². The lowest BCUT2D eigenvalue weighted by atomic mass is 10.1. The third-order valence-corrected chi connectivity index (χ3v) is 4.85. The SMILES string of the molecule is Cc1c(Cl)cccc1NC(=O)CNC(=O)c1cccc(N2CCCC2=O)c1. The van der Waals surface area contributed by atoms with E-state index in [1.165, 1.54) is 0 Å². The summed E-state index contributed by atoms with van der Waals surface area (Å²) in [6.45, 7) is 2.30. The van der Waals surface area contributed by atoms with Gasteiger partial charge in [0.25, 0.3) is 5.91 Å². The van der Waals surface area contributed by atoms with E-state index in [9.17, 15) is 14.4 Å². The molecule has 6 nitrogen and oxygen atoms in total. The van der Waals surface area contributed by atoms with Crippen molar-refractivity contribution in [3.8, 4) is 0 Å². The van der Waals surface area contributed by atoms with E-state index in [0.717, 1.165) is 12.0 Å². The van der Waals surface area contributed by atoms with E-state index in [4.69, 9.17) is 11.6 Å². The fourth-order valence-electron chi connectivity index (χ4n) is 2.94. The lowest BCUT2D eigenvalue weighted by Gasteiger charge is -2.16. The van der Waals surface area contributed by atoms with Gasteiger partial charge in [0, 0.05) is 34.9 Å². The molecule has 140 valence electrons. The smallest absolute Gasteiger partial charge is 0.251 e. The zero-order valence-electron chi connectivity index (χ0n) is 14.9. The summed E-state index contributed by atoms with van der Waals surface area (Å²) in [4.78, 5) is 38.0. The molecule has 1 fully saturated rings. The van der Waals surface area contributed by atoms with E-state index in [1.54, 1.807) is 47.4 Å². The average Bonchev–Trinajstić information content (AvgIpc) is 3.09. The quantitative estimate of drug-likeness (QED) is 0.829. The lowest BCUT2D eigenvalue weighted by Crippen LogP contribution is -2.33. The zero-order chi connectivity index (χ0) is 19.4. The molecule has 1 saturated heterocycles. The second-order valence-corrected chi connectivity index (χ2v) is 6.75. The standard InChI is InChI=1S/C20H20ClN3O3/c1-13-16(21)7-3-8-17(13)23-18(25)12-22-20(27)14-5-2-6-15(11-14)24-10-4-9-19(24)26/h2-3,5-8,11H,4,9-10,12H2,1H3,(H,22,27)(H,23,25). The molecular weight excluding hydrogens is 366 g/mol. The molecule has 0 bridgehead atoms. The Bertz CT molecular complexity index is 898. The van der Waals surface area contributed by atoms with Crippen LogP contribution in [0.3, 0.4) is 0 Å². The molecule has 0 unspecified atom stereocenters. The van der Waals surface area contributed by atoms with Crippen LogP contribution in [0, 0.1) is 6.92 Å². The normalized spacial score (nSPS) is 13.6. The number of carbonyl (C=O) groups is 3. The summed E-state index contributed by atoms with van der Waals surface area (Å²) in [5, 5.41) is 5.88. The number of rotatable bonds is 5. The minimum absolute atomic E-state index is 0.0591. The van der Waals surface area contributed by atoms with Crippen LogP contribution in [0.5, 0.6) is 0 Å². The Morgan fingerprint density at radius 3 is 2.70 bits per heavy atom. The maximum absolute atomic E-state index is 12.4. The van der Waals surface area contributed by atoms with E-state index < -0.39 is 0 Å². The van der Waals surface area contributed by atoms with Crippen molar-refractivity contribution in [2.24, 2.45) is 0 Å². The Morgan fingerprint density at radius 2 is 1.96 bits per heavy atom. The fraction of sp³-hybridized carbons (Fsp3) is 0.250. The van der Waals surface area contributed by atoms with Crippen molar-refractivity contribution in [1.29, 1.82) is 0 Å². The number of nitrogens with zero attached hydrogens (tertiary/aromatic N) is 1. The summed E-state index contributed by atoms with van der Waals surface area (Å²) in [5.74, 6) is -0.662. The van der Waals surface area contributed by atoms with E-state index in [2.05, 4.69) is 10.6 Å². The van der Waals surface area contributed by atoms with Crippen LogP contribution in [0.25, 0.3) is 0 Å².